The molecule has 0 saturated carbocycles. The number of urea groups is 1. The van der Waals surface area contributed by atoms with E-state index < -0.39 is 0 Å². The van der Waals surface area contributed by atoms with E-state index in [1.807, 2.05) is 29.3 Å². The maximum absolute atomic E-state index is 12.4. The minimum Gasteiger partial charge on any atom is -0.345 e. The van der Waals surface area contributed by atoms with Crippen LogP contribution in [0.2, 0.25) is 0 Å². The van der Waals surface area contributed by atoms with Crippen molar-refractivity contribution in [2.75, 3.05) is 31.1 Å². The predicted octanol–water partition coefficient (Wildman–Crippen LogP) is 2.61. The Hall–Kier alpha value is -2.59. The monoisotopic (exact) mass is 341 g/mol. The van der Waals surface area contributed by atoms with Crippen LogP contribution in [0.4, 0.5) is 9.93 Å². The fourth-order valence-electron chi connectivity index (χ4n) is 2.68. The van der Waals surface area contributed by atoms with Crippen LogP contribution in [0.25, 0.3) is 0 Å². The maximum atomic E-state index is 12.4. The predicted molar refractivity (Wildman–Crippen MR) is 94.0 cm³/mol. The second kappa shape index (κ2) is 7.32. The average Bonchev–Trinajstić information content (AvgIpc) is 3.16. The van der Waals surface area contributed by atoms with E-state index in [4.69, 9.17) is 5.26 Å². The average molecular weight is 341 g/mol. The van der Waals surface area contributed by atoms with Gasteiger partial charge >= 0.3 is 6.03 Å². The van der Waals surface area contributed by atoms with Crippen molar-refractivity contribution in [1.82, 2.24) is 15.2 Å². The molecule has 3 rings (SSSR count). The van der Waals surface area contributed by atoms with Gasteiger partial charge in [-0.25, -0.2) is 9.78 Å². The highest BCUT2D eigenvalue weighted by Crippen LogP contribution is 2.19. The summed E-state index contributed by atoms with van der Waals surface area (Å²) in [7, 11) is 0. The number of piperazine rings is 1. The van der Waals surface area contributed by atoms with E-state index in [2.05, 4.69) is 21.3 Å². The number of rotatable bonds is 3. The molecular formula is C17H19N5OS. The lowest BCUT2D eigenvalue weighted by molar-refractivity contribution is 0.191. The van der Waals surface area contributed by atoms with Crippen LogP contribution in [0.15, 0.2) is 35.8 Å². The standard InChI is InChI=1S/C17H19N5OS/c1-13(15-4-2-14(12-18)3-5-15)20-16(23)21-7-9-22(10-8-21)17-19-6-11-24-17/h2-6,11,13H,7-10H2,1H3,(H,20,23)/t13-/m1/s1. The summed E-state index contributed by atoms with van der Waals surface area (Å²) in [6, 6.07) is 9.25. The van der Waals surface area contributed by atoms with Crippen molar-refractivity contribution in [3.8, 4) is 6.07 Å². The minimum absolute atomic E-state index is 0.0503. The number of carbonyl (C=O) groups is 1. The summed E-state index contributed by atoms with van der Waals surface area (Å²) >= 11 is 1.62. The fourth-order valence-corrected chi connectivity index (χ4v) is 3.38. The number of hydrogen-bond acceptors (Lipinski definition) is 5. The fraction of sp³-hybridized carbons (Fsp3) is 0.353. The SMILES string of the molecule is C[C@@H](NC(=O)N1CCN(c2nccs2)CC1)c1ccc(C#N)cc1. The number of nitrogens with zero attached hydrogens (tertiary/aromatic N) is 4. The van der Waals surface area contributed by atoms with E-state index in [-0.39, 0.29) is 12.1 Å². The van der Waals surface area contributed by atoms with Crippen LogP contribution in [0.1, 0.15) is 24.1 Å². The number of aromatic nitrogens is 1. The van der Waals surface area contributed by atoms with Crippen molar-refractivity contribution in [3.05, 3.63) is 47.0 Å². The molecule has 1 saturated heterocycles. The Balaban J connectivity index is 1.52. The Kier molecular flexibility index (Phi) is 4.96. The van der Waals surface area contributed by atoms with Crippen LogP contribution in [0, 0.1) is 11.3 Å². The summed E-state index contributed by atoms with van der Waals surface area (Å²) in [4.78, 5) is 20.8. The van der Waals surface area contributed by atoms with E-state index in [0.29, 0.717) is 18.7 Å². The van der Waals surface area contributed by atoms with Gasteiger partial charge in [0.05, 0.1) is 17.7 Å². The van der Waals surface area contributed by atoms with Gasteiger partial charge in [-0.2, -0.15) is 5.26 Å². The Morgan fingerprint density at radius 3 is 2.58 bits per heavy atom. The first-order valence-electron chi connectivity index (χ1n) is 7.87. The smallest absolute Gasteiger partial charge is 0.317 e. The second-order valence-corrected chi connectivity index (χ2v) is 6.57. The van der Waals surface area contributed by atoms with E-state index >= 15 is 0 Å². The molecule has 0 spiro atoms. The zero-order chi connectivity index (χ0) is 16.9. The third-order valence-corrected chi connectivity index (χ3v) is 4.97. The highest BCUT2D eigenvalue weighted by molar-refractivity contribution is 7.13. The zero-order valence-corrected chi connectivity index (χ0v) is 14.3. The normalized spacial score (nSPS) is 15.7. The van der Waals surface area contributed by atoms with Crippen molar-refractivity contribution < 1.29 is 4.79 Å². The lowest BCUT2D eigenvalue weighted by atomic mass is 10.1. The molecule has 124 valence electrons. The van der Waals surface area contributed by atoms with Gasteiger partial charge in [-0.1, -0.05) is 12.1 Å². The van der Waals surface area contributed by atoms with Crippen molar-refractivity contribution in [2.24, 2.45) is 0 Å². The number of benzene rings is 1. The molecule has 0 bridgehead atoms. The first kappa shape index (κ1) is 16.3. The highest BCUT2D eigenvalue weighted by atomic mass is 32.1. The first-order valence-corrected chi connectivity index (χ1v) is 8.75. The second-order valence-electron chi connectivity index (χ2n) is 5.69. The number of hydrogen-bond donors (Lipinski definition) is 1. The van der Waals surface area contributed by atoms with Crippen LogP contribution in [-0.4, -0.2) is 42.1 Å². The summed E-state index contributed by atoms with van der Waals surface area (Å²) in [5, 5.41) is 14.8. The first-order chi connectivity index (χ1) is 11.7. The molecule has 2 aromatic rings. The van der Waals surface area contributed by atoms with Crippen molar-refractivity contribution in [1.29, 1.82) is 5.26 Å². The maximum Gasteiger partial charge on any atom is 0.317 e. The number of nitrogens with one attached hydrogen (secondary N) is 1. The quantitative estimate of drug-likeness (QED) is 0.931. The number of amides is 2. The lowest BCUT2D eigenvalue weighted by Crippen LogP contribution is -2.52. The van der Waals surface area contributed by atoms with E-state index in [0.717, 1.165) is 23.8 Å². The Morgan fingerprint density at radius 1 is 1.29 bits per heavy atom. The molecule has 1 aromatic carbocycles. The van der Waals surface area contributed by atoms with Crippen molar-refractivity contribution >= 4 is 22.5 Å². The number of thiazole rings is 1. The number of nitriles is 1. The third kappa shape index (κ3) is 3.66. The molecule has 1 fully saturated rings. The Morgan fingerprint density at radius 2 is 2.00 bits per heavy atom. The number of carbonyl (C=O) groups excluding carboxylic acids is 1. The van der Waals surface area contributed by atoms with E-state index in [1.165, 1.54) is 0 Å². The highest BCUT2D eigenvalue weighted by Gasteiger charge is 2.23. The molecule has 0 radical (unpaired) electrons. The van der Waals surface area contributed by atoms with Crippen molar-refractivity contribution in [2.45, 2.75) is 13.0 Å². The molecule has 2 amide bonds. The Bertz CT molecular complexity index is 714. The van der Waals surface area contributed by atoms with Gasteiger partial charge in [-0.05, 0) is 24.6 Å². The lowest BCUT2D eigenvalue weighted by Gasteiger charge is -2.35. The van der Waals surface area contributed by atoms with Crippen LogP contribution in [0.5, 0.6) is 0 Å². The summed E-state index contributed by atoms with van der Waals surface area (Å²) in [5.41, 5.74) is 1.61. The molecule has 24 heavy (non-hydrogen) atoms. The van der Waals surface area contributed by atoms with Crippen LogP contribution < -0.4 is 10.2 Å². The molecule has 0 unspecified atom stereocenters. The van der Waals surface area contributed by atoms with Crippen LogP contribution in [-0.2, 0) is 0 Å². The summed E-state index contributed by atoms with van der Waals surface area (Å²) in [5.74, 6) is 0. The van der Waals surface area contributed by atoms with Gasteiger partial charge in [0.15, 0.2) is 5.13 Å². The molecule has 6 nitrogen and oxygen atoms in total. The Labute approximate surface area is 145 Å². The molecule has 2 heterocycles. The largest absolute Gasteiger partial charge is 0.345 e. The van der Waals surface area contributed by atoms with Gasteiger partial charge in [0.25, 0.3) is 0 Å². The molecular weight excluding hydrogens is 322 g/mol. The summed E-state index contributed by atoms with van der Waals surface area (Å²) in [6.07, 6.45) is 1.80. The van der Waals surface area contributed by atoms with Crippen molar-refractivity contribution in [3.63, 3.8) is 0 Å². The van der Waals surface area contributed by atoms with Gasteiger partial charge in [0.2, 0.25) is 0 Å². The molecule has 7 heteroatoms. The van der Waals surface area contributed by atoms with E-state index in [9.17, 15) is 4.79 Å². The van der Waals surface area contributed by atoms with Crippen LogP contribution >= 0.6 is 11.3 Å². The molecule has 1 aliphatic heterocycles. The summed E-state index contributed by atoms with van der Waals surface area (Å²) in [6.45, 7) is 4.92. The van der Waals surface area contributed by atoms with Gasteiger partial charge in [0, 0.05) is 37.8 Å². The van der Waals surface area contributed by atoms with Gasteiger partial charge < -0.3 is 15.1 Å². The van der Waals surface area contributed by atoms with E-state index in [1.54, 1.807) is 29.7 Å². The molecule has 1 aromatic heterocycles. The van der Waals surface area contributed by atoms with Gasteiger partial charge in [-0.3, -0.25) is 0 Å². The topological polar surface area (TPSA) is 72.3 Å². The number of anilines is 1. The minimum atomic E-state index is -0.0952. The molecule has 1 N–H and O–H groups in total. The zero-order valence-electron chi connectivity index (χ0n) is 13.5. The van der Waals surface area contributed by atoms with Gasteiger partial charge in [0.1, 0.15) is 0 Å². The van der Waals surface area contributed by atoms with Crippen LogP contribution in [0.3, 0.4) is 0 Å². The molecule has 1 atom stereocenters. The third-order valence-electron chi connectivity index (χ3n) is 4.14. The molecule has 1 aliphatic rings. The summed E-state index contributed by atoms with van der Waals surface area (Å²) < 4.78 is 0. The molecule has 0 aliphatic carbocycles. The van der Waals surface area contributed by atoms with Gasteiger partial charge in [-0.15, -0.1) is 11.3 Å².